The summed E-state index contributed by atoms with van der Waals surface area (Å²) in [6, 6.07) is 8.80. The number of oxazole rings is 1. The number of pyridine rings is 1. The second-order valence-corrected chi connectivity index (χ2v) is 7.02. The summed E-state index contributed by atoms with van der Waals surface area (Å²) in [5.41, 5.74) is 2.63. The number of aromatic nitrogens is 2. The normalized spacial score (nSPS) is 11.6. The molecule has 0 saturated heterocycles. The van der Waals surface area contributed by atoms with Gasteiger partial charge in [0.05, 0.1) is 6.54 Å². The zero-order valence-electron chi connectivity index (χ0n) is 14.6. The SMILES string of the molecule is CC(C)(C)c1ccc2oc(CNC(=O)Cn3ccc(=O)cc3)nc2c1. The molecule has 0 fully saturated rings. The third-order valence-corrected chi connectivity index (χ3v) is 3.92. The van der Waals surface area contributed by atoms with Crippen LogP contribution in [0.4, 0.5) is 0 Å². The molecule has 0 atom stereocenters. The summed E-state index contributed by atoms with van der Waals surface area (Å²) in [4.78, 5) is 27.5. The topological polar surface area (TPSA) is 77.1 Å². The summed E-state index contributed by atoms with van der Waals surface area (Å²) in [7, 11) is 0. The molecular weight excluding hydrogens is 318 g/mol. The Kier molecular flexibility index (Phi) is 4.44. The number of hydrogen-bond donors (Lipinski definition) is 1. The molecule has 0 unspecified atom stereocenters. The fourth-order valence-corrected chi connectivity index (χ4v) is 2.46. The van der Waals surface area contributed by atoms with E-state index in [2.05, 4.69) is 31.1 Å². The van der Waals surface area contributed by atoms with Gasteiger partial charge in [-0.1, -0.05) is 26.8 Å². The van der Waals surface area contributed by atoms with E-state index in [1.807, 2.05) is 18.2 Å². The first-order valence-electron chi connectivity index (χ1n) is 8.14. The largest absolute Gasteiger partial charge is 0.439 e. The minimum atomic E-state index is -0.179. The molecule has 3 aromatic rings. The van der Waals surface area contributed by atoms with Crippen molar-refractivity contribution in [1.29, 1.82) is 0 Å². The average Bonchev–Trinajstić information content (AvgIpc) is 2.96. The molecule has 2 aromatic heterocycles. The van der Waals surface area contributed by atoms with Gasteiger partial charge in [-0.25, -0.2) is 4.98 Å². The highest BCUT2D eigenvalue weighted by Gasteiger charge is 2.16. The number of nitrogens with one attached hydrogen (secondary N) is 1. The van der Waals surface area contributed by atoms with Crippen LogP contribution in [0.3, 0.4) is 0 Å². The smallest absolute Gasteiger partial charge is 0.240 e. The molecule has 6 nitrogen and oxygen atoms in total. The highest BCUT2D eigenvalue weighted by atomic mass is 16.3. The molecule has 0 radical (unpaired) electrons. The van der Waals surface area contributed by atoms with Gasteiger partial charge >= 0.3 is 0 Å². The third-order valence-electron chi connectivity index (χ3n) is 3.92. The number of nitrogens with zero attached hydrogens (tertiary/aromatic N) is 2. The number of hydrogen-bond acceptors (Lipinski definition) is 4. The van der Waals surface area contributed by atoms with Crippen LogP contribution in [0, 0.1) is 0 Å². The number of carbonyl (C=O) groups excluding carboxylic acids is 1. The van der Waals surface area contributed by atoms with E-state index in [-0.39, 0.29) is 29.8 Å². The van der Waals surface area contributed by atoms with Gasteiger partial charge < -0.3 is 14.3 Å². The molecule has 25 heavy (non-hydrogen) atoms. The lowest BCUT2D eigenvalue weighted by Gasteiger charge is -2.18. The van der Waals surface area contributed by atoms with Crippen LogP contribution in [0.25, 0.3) is 11.1 Å². The Hall–Kier alpha value is -2.89. The highest BCUT2D eigenvalue weighted by Crippen LogP contribution is 2.26. The minimum Gasteiger partial charge on any atom is -0.439 e. The van der Waals surface area contributed by atoms with Gasteiger partial charge in [0.1, 0.15) is 12.1 Å². The van der Waals surface area contributed by atoms with Gasteiger partial charge in [0.2, 0.25) is 11.8 Å². The van der Waals surface area contributed by atoms with Crippen molar-refractivity contribution in [3.05, 3.63) is 64.4 Å². The first-order valence-corrected chi connectivity index (χ1v) is 8.14. The predicted molar refractivity (Wildman–Crippen MR) is 95.3 cm³/mol. The fourth-order valence-electron chi connectivity index (χ4n) is 2.46. The Morgan fingerprint density at radius 2 is 1.92 bits per heavy atom. The Balaban J connectivity index is 1.65. The monoisotopic (exact) mass is 339 g/mol. The summed E-state index contributed by atoms with van der Waals surface area (Å²) < 4.78 is 7.32. The number of carbonyl (C=O) groups is 1. The summed E-state index contributed by atoms with van der Waals surface area (Å²) in [5.74, 6) is 0.288. The van der Waals surface area contributed by atoms with Crippen LogP contribution in [0.5, 0.6) is 0 Å². The van der Waals surface area contributed by atoms with Gasteiger partial charge in [0, 0.05) is 24.5 Å². The lowest BCUT2D eigenvalue weighted by molar-refractivity contribution is -0.121. The maximum atomic E-state index is 12.0. The van der Waals surface area contributed by atoms with E-state index in [1.165, 1.54) is 17.7 Å². The van der Waals surface area contributed by atoms with Gasteiger partial charge in [0.15, 0.2) is 11.0 Å². The number of benzene rings is 1. The van der Waals surface area contributed by atoms with Crippen molar-refractivity contribution in [2.75, 3.05) is 0 Å². The van der Waals surface area contributed by atoms with E-state index in [9.17, 15) is 9.59 Å². The fraction of sp³-hybridized carbons (Fsp3) is 0.316. The molecule has 1 amide bonds. The Morgan fingerprint density at radius 3 is 2.60 bits per heavy atom. The van der Waals surface area contributed by atoms with Gasteiger partial charge in [-0.15, -0.1) is 0 Å². The van der Waals surface area contributed by atoms with Gasteiger partial charge in [-0.05, 0) is 23.1 Å². The molecule has 0 bridgehead atoms. The van der Waals surface area contributed by atoms with Crippen LogP contribution >= 0.6 is 0 Å². The Labute approximate surface area is 145 Å². The zero-order valence-corrected chi connectivity index (χ0v) is 14.6. The zero-order chi connectivity index (χ0) is 18.0. The van der Waals surface area contributed by atoms with Gasteiger partial charge in [0.25, 0.3) is 0 Å². The van der Waals surface area contributed by atoms with Crippen molar-refractivity contribution in [3.63, 3.8) is 0 Å². The summed E-state index contributed by atoms with van der Waals surface area (Å²) in [5, 5.41) is 2.77. The second kappa shape index (κ2) is 6.55. The maximum Gasteiger partial charge on any atom is 0.240 e. The molecule has 130 valence electrons. The summed E-state index contributed by atoms with van der Waals surface area (Å²) >= 11 is 0. The van der Waals surface area contributed by atoms with E-state index in [1.54, 1.807) is 17.0 Å². The first kappa shape index (κ1) is 17.0. The van der Waals surface area contributed by atoms with E-state index in [0.717, 1.165) is 5.52 Å². The first-order chi connectivity index (χ1) is 11.8. The van der Waals surface area contributed by atoms with E-state index >= 15 is 0 Å². The average molecular weight is 339 g/mol. The molecule has 0 spiro atoms. The molecule has 0 saturated carbocycles. The molecule has 0 aliphatic rings. The van der Waals surface area contributed by atoms with Crippen molar-refractivity contribution >= 4 is 17.0 Å². The quantitative estimate of drug-likeness (QED) is 0.792. The summed E-state index contributed by atoms with van der Waals surface area (Å²) in [6.07, 6.45) is 3.16. The van der Waals surface area contributed by atoms with Crippen LogP contribution in [-0.4, -0.2) is 15.5 Å². The van der Waals surface area contributed by atoms with Crippen molar-refractivity contribution < 1.29 is 9.21 Å². The van der Waals surface area contributed by atoms with Crippen molar-refractivity contribution in [3.8, 4) is 0 Å². The van der Waals surface area contributed by atoms with Crippen LogP contribution in [-0.2, 0) is 23.3 Å². The molecule has 1 aromatic carbocycles. The van der Waals surface area contributed by atoms with Crippen LogP contribution < -0.4 is 10.7 Å². The Morgan fingerprint density at radius 1 is 1.20 bits per heavy atom. The standard InChI is InChI=1S/C19H21N3O3/c1-19(2,3)13-4-5-16-15(10-13)21-18(25-16)11-20-17(24)12-22-8-6-14(23)7-9-22/h4-10H,11-12H2,1-3H3,(H,20,24). The second-order valence-electron chi connectivity index (χ2n) is 7.02. The maximum absolute atomic E-state index is 12.0. The molecular formula is C19H21N3O3. The molecule has 0 aliphatic carbocycles. The molecule has 2 heterocycles. The van der Waals surface area contributed by atoms with Crippen LogP contribution in [0.2, 0.25) is 0 Å². The number of fused-ring (bicyclic) bond motifs is 1. The van der Waals surface area contributed by atoms with E-state index < -0.39 is 0 Å². The molecule has 1 N–H and O–H groups in total. The van der Waals surface area contributed by atoms with Crippen LogP contribution in [0.1, 0.15) is 32.2 Å². The number of rotatable bonds is 4. The van der Waals surface area contributed by atoms with Crippen LogP contribution in [0.15, 0.2) is 51.9 Å². The van der Waals surface area contributed by atoms with E-state index in [4.69, 9.17) is 4.42 Å². The Bertz CT molecular complexity index is 943. The molecule has 6 heteroatoms. The molecule has 0 aliphatic heterocycles. The lowest BCUT2D eigenvalue weighted by atomic mass is 9.87. The summed E-state index contributed by atoms with van der Waals surface area (Å²) in [6.45, 7) is 6.79. The predicted octanol–water partition coefficient (Wildman–Crippen LogP) is 2.60. The van der Waals surface area contributed by atoms with Gasteiger partial charge in [-0.3, -0.25) is 9.59 Å². The lowest BCUT2D eigenvalue weighted by Crippen LogP contribution is -2.27. The number of amides is 1. The van der Waals surface area contributed by atoms with Crippen molar-refractivity contribution in [2.45, 2.75) is 39.3 Å². The van der Waals surface area contributed by atoms with Crippen molar-refractivity contribution in [1.82, 2.24) is 14.9 Å². The third kappa shape index (κ3) is 4.15. The highest BCUT2D eigenvalue weighted by molar-refractivity contribution is 5.76. The van der Waals surface area contributed by atoms with Gasteiger partial charge in [-0.2, -0.15) is 0 Å². The molecule has 3 rings (SSSR count). The minimum absolute atomic E-state index is 0.0401. The van der Waals surface area contributed by atoms with Crippen molar-refractivity contribution in [2.24, 2.45) is 0 Å². The van der Waals surface area contributed by atoms with E-state index in [0.29, 0.717) is 11.5 Å².